The van der Waals surface area contributed by atoms with Gasteiger partial charge >= 0.3 is 6.18 Å². The van der Waals surface area contributed by atoms with Crippen molar-refractivity contribution in [3.05, 3.63) is 103 Å². The number of nitrogens with zero attached hydrogens (tertiary/aromatic N) is 7. The summed E-state index contributed by atoms with van der Waals surface area (Å²) in [6, 6.07) is 21.0. The Morgan fingerprint density at radius 2 is 1.76 bits per heavy atom. The molecule has 0 saturated carbocycles. The van der Waals surface area contributed by atoms with Crippen LogP contribution < -0.4 is 4.74 Å². The van der Waals surface area contributed by atoms with Crippen molar-refractivity contribution < 1.29 is 22.7 Å². The fourth-order valence-corrected chi connectivity index (χ4v) is 6.00. The zero-order valence-corrected chi connectivity index (χ0v) is 24.8. The normalized spacial score (nSPS) is 15.9. The third-order valence-electron chi connectivity index (χ3n) is 8.18. The molecule has 0 radical (unpaired) electrons. The average molecular weight is 627 g/mol. The molecule has 1 N–H and O–H groups in total. The van der Waals surface area contributed by atoms with Gasteiger partial charge in [-0.3, -0.25) is 14.7 Å². The molecule has 0 spiro atoms. The summed E-state index contributed by atoms with van der Waals surface area (Å²) in [4.78, 5) is 38.7. The van der Waals surface area contributed by atoms with Crippen LogP contribution in [0.2, 0.25) is 0 Å². The predicted octanol–water partition coefficient (Wildman–Crippen LogP) is 5.48. The number of hydrogen-bond donors (Lipinski definition) is 1. The Labute approximate surface area is 261 Å². The van der Waals surface area contributed by atoms with E-state index in [9.17, 15) is 18.0 Å². The molecule has 0 bridgehead atoms. The summed E-state index contributed by atoms with van der Waals surface area (Å²) >= 11 is 0. The monoisotopic (exact) mass is 626 g/mol. The molecular weight excluding hydrogens is 597 g/mol. The van der Waals surface area contributed by atoms with Crippen LogP contribution in [0.15, 0.2) is 85.2 Å². The summed E-state index contributed by atoms with van der Waals surface area (Å²) in [6.45, 7) is 1.19. The maximum absolute atomic E-state index is 14.1. The van der Waals surface area contributed by atoms with Crippen LogP contribution in [0, 0.1) is 0 Å². The number of aromatic nitrogens is 6. The molecule has 234 valence electrons. The summed E-state index contributed by atoms with van der Waals surface area (Å²) in [6.07, 6.45) is -1.35. The highest BCUT2D eigenvalue weighted by Crippen LogP contribution is 2.34. The van der Waals surface area contributed by atoms with Crippen LogP contribution in [0.5, 0.6) is 5.88 Å². The highest BCUT2D eigenvalue weighted by molar-refractivity contribution is 5.85. The molecule has 1 unspecified atom stereocenters. The summed E-state index contributed by atoms with van der Waals surface area (Å²) in [7, 11) is 1.55. The number of carbonyl (C=O) groups is 1. The molecule has 2 aromatic carbocycles. The van der Waals surface area contributed by atoms with E-state index in [2.05, 4.69) is 29.8 Å². The number of piperazine rings is 1. The molecule has 10 nitrogen and oxygen atoms in total. The minimum Gasteiger partial charge on any atom is -0.480 e. The standard InChI is InChI=1S/C33H29F3N8O2/c1-46-31-23(16-21-8-2-3-10-24(21)40-31)26-17-38-30(39-26)28-19-42(18-22-9-6-7-13-37-22)14-15-43(28)29(45)20-44-27-12-5-4-11-25(27)41-32(44)33(34,35)36/h2-13,16-17,28H,14-15,18-20H2,1H3,(H,38,39). The molecule has 1 atom stereocenters. The van der Waals surface area contributed by atoms with Crippen LogP contribution in [0.1, 0.15) is 23.4 Å². The number of H-pyrrole nitrogens is 1. The number of para-hydroxylation sites is 3. The molecule has 1 saturated heterocycles. The zero-order valence-electron chi connectivity index (χ0n) is 24.8. The van der Waals surface area contributed by atoms with Gasteiger partial charge in [0.15, 0.2) is 0 Å². The smallest absolute Gasteiger partial charge is 0.449 e. The maximum atomic E-state index is 14.1. The van der Waals surface area contributed by atoms with E-state index in [0.29, 0.717) is 42.6 Å². The minimum atomic E-state index is -4.73. The molecule has 0 aliphatic carbocycles. The molecule has 1 amide bonds. The lowest BCUT2D eigenvalue weighted by molar-refractivity contribution is -0.148. The number of rotatable bonds is 7. The number of aromatic amines is 1. The third-order valence-corrected chi connectivity index (χ3v) is 8.18. The molecule has 1 aliphatic heterocycles. The number of alkyl halides is 3. The third kappa shape index (κ3) is 5.65. The second kappa shape index (κ2) is 11.9. The number of amides is 1. The topological polar surface area (TPSA) is 105 Å². The fraction of sp³-hybridized carbons (Fsp3) is 0.242. The van der Waals surface area contributed by atoms with E-state index in [1.807, 2.05) is 48.5 Å². The summed E-state index contributed by atoms with van der Waals surface area (Å²) in [5, 5.41) is 0.915. The molecule has 46 heavy (non-hydrogen) atoms. The van der Waals surface area contributed by atoms with Crippen molar-refractivity contribution in [2.24, 2.45) is 0 Å². The van der Waals surface area contributed by atoms with E-state index < -0.39 is 30.5 Å². The lowest BCUT2D eigenvalue weighted by Crippen LogP contribution is -2.51. The van der Waals surface area contributed by atoms with E-state index in [4.69, 9.17) is 4.74 Å². The Morgan fingerprint density at radius 1 is 0.978 bits per heavy atom. The van der Waals surface area contributed by atoms with Crippen LogP contribution in [-0.2, 0) is 24.1 Å². The molecule has 1 aliphatic rings. The number of halogens is 3. The van der Waals surface area contributed by atoms with Crippen molar-refractivity contribution in [2.45, 2.75) is 25.3 Å². The first-order valence-electron chi connectivity index (χ1n) is 14.7. The Morgan fingerprint density at radius 3 is 2.54 bits per heavy atom. The van der Waals surface area contributed by atoms with E-state index >= 15 is 0 Å². The van der Waals surface area contributed by atoms with Gasteiger partial charge in [0.1, 0.15) is 18.4 Å². The van der Waals surface area contributed by atoms with Gasteiger partial charge in [0.25, 0.3) is 0 Å². The molecule has 13 heteroatoms. The number of methoxy groups -OCH3 is 1. The van der Waals surface area contributed by atoms with Gasteiger partial charge < -0.3 is 19.2 Å². The largest absolute Gasteiger partial charge is 0.480 e. The summed E-state index contributed by atoms with van der Waals surface area (Å²) < 4.78 is 48.7. The van der Waals surface area contributed by atoms with Crippen LogP contribution in [-0.4, -0.2) is 71.9 Å². The van der Waals surface area contributed by atoms with Crippen LogP contribution >= 0.6 is 0 Å². The van der Waals surface area contributed by atoms with Crippen LogP contribution in [0.4, 0.5) is 13.2 Å². The van der Waals surface area contributed by atoms with Crippen molar-refractivity contribution in [1.82, 2.24) is 39.3 Å². The van der Waals surface area contributed by atoms with E-state index in [-0.39, 0.29) is 17.6 Å². The number of carbonyl (C=O) groups excluding carboxylic acids is 1. The first-order valence-corrected chi connectivity index (χ1v) is 14.7. The Hall–Kier alpha value is -5.30. The number of nitrogens with one attached hydrogen (secondary N) is 1. The maximum Gasteiger partial charge on any atom is 0.449 e. The first-order chi connectivity index (χ1) is 22.3. The Balaban J connectivity index is 1.24. The molecular formula is C33H29F3N8O2. The number of benzene rings is 2. The van der Waals surface area contributed by atoms with Gasteiger partial charge in [-0.25, -0.2) is 15.0 Å². The average Bonchev–Trinajstić information content (AvgIpc) is 3.70. The van der Waals surface area contributed by atoms with Crippen LogP contribution in [0.3, 0.4) is 0 Å². The Bertz CT molecular complexity index is 2020. The molecule has 5 heterocycles. The van der Waals surface area contributed by atoms with Gasteiger partial charge in [0.2, 0.25) is 17.6 Å². The van der Waals surface area contributed by atoms with Gasteiger partial charge in [0.05, 0.1) is 46.8 Å². The molecule has 6 aromatic rings. The molecule has 1 fully saturated rings. The van der Waals surface area contributed by atoms with E-state index in [1.165, 1.54) is 12.1 Å². The van der Waals surface area contributed by atoms with Crippen molar-refractivity contribution in [3.8, 4) is 17.1 Å². The van der Waals surface area contributed by atoms with E-state index in [1.54, 1.807) is 36.5 Å². The van der Waals surface area contributed by atoms with Crippen molar-refractivity contribution >= 4 is 27.8 Å². The van der Waals surface area contributed by atoms with Crippen LogP contribution in [0.25, 0.3) is 33.2 Å². The van der Waals surface area contributed by atoms with E-state index in [0.717, 1.165) is 21.2 Å². The second-order valence-corrected chi connectivity index (χ2v) is 11.1. The number of hydrogen-bond acceptors (Lipinski definition) is 7. The van der Waals surface area contributed by atoms with Crippen molar-refractivity contribution in [1.29, 1.82) is 0 Å². The zero-order chi connectivity index (χ0) is 31.8. The lowest BCUT2D eigenvalue weighted by Gasteiger charge is -2.40. The number of ether oxygens (including phenoxy) is 1. The summed E-state index contributed by atoms with van der Waals surface area (Å²) in [5.41, 5.74) is 3.39. The van der Waals surface area contributed by atoms with Crippen molar-refractivity contribution in [3.63, 3.8) is 0 Å². The number of fused-ring (bicyclic) bond motifs is 2. The lowest BCUT2D eigenvalue weighted by atomic mass is 10.1. The minimum absolute atomic E-state index is 0.174. The SMILES string of the molecule is COc1nc2ccccc2cc1-c1cnc(C2CN(Cc3ccccn3)CCN2C(=O)Cn2c(C(F)(F)F)nc3ccccc32)[nH]1. The predicted molar refractivity (Wildman–Crippen MR) is 165 cm³/mol. The first kappa shape index (κ1) is 29.4. The van der Waals surface area contributed by atoms with Gasteiger partial charge in [0, 0.05) is 37.8 Å². The molecule has 4 aromatic heterocycles. The number of imidazole rings is 2. The summed E-state index contributed by atoms with van der Waals surface area (Å²) in [5.74, 6) is -0.674. The van der Waals surface area contributed by atoms with Gasteiger partial charge in [-0.2, -0.15) is 13.2 Å². The van der Waals surface area contributed by atoms with Gasteiger partial charge in [-0.1, -0.05) is 36.4 Å². The van der Waals surface area contributed by atoms with Crippen molar-refractivity contribution in [2.75, 3.05) is 26.7 Å². The Kier molecular flexibility index (Phi) is 7.61. The fourth-order valence-electron chi connectivity index (χ4n) is 6.00. The second-order valence-electron chi connectivity index (χ2n) is 11.1. The van der Waals surface area contributed by atoms with Gasteiger partial charge in [-0.05, 0) is 36.4 Å². The molecule has 7 rings (SSSR count). The highest BCUT2D eigenvalue weighted by Gasteiger charge is 2.40. The quantitative estimate of drug-likeness (QED) is 0.250. The van der Waals surface area contributed by atoms with Gasteiger partial charge in [-0.15, -0.1) is 0 Å². The number of pyridine rings is 2. The highest BCUT2D eigenvalue weighted by atomic mass is 19.4.